The largest absolute Gasteiger partial charge is 0.336 e. The Bertz CT molecular complexity index is 445. The number of aromatic nitrogens is 2. The molecule has 0 radical (unpaired) electrons. The molecular weight excluding hydrogens is 178 g/mol. The molecule has 72 valence electrons. The highest BCUT2D eigenvalue weighted by molar-refractivity contribution is 5.76. The Morgan fingerprint density at radius 2 is 2.50 bits per heavy atom. The van der Waals surface area contributed by atoms with E-state index in [9.17, 15) is 0 Å². The molecular formula is C10H11N3O. The number of nitrogens with one attached hydrogen (secondary N) is 1. The summed E-state index contributed by atoms with van der Waals surface area (Å²) in [7, 11) is 0. The lowest BCUT2D eigenvalue weighted by molar-refractivity contribution is 0.432. The number of hydrogen-bond donors (Lipinski definition) is 1. The molecule has 14 heavy (non-hydrogen) atoms. The Labute approximate surface area is 81.3 Å². The highest BCUT2D eigenvalue weighted by Gasteiger charge is 2.22. The second-order valence-electron chi connectivity index (χ2n) is 3.61. The fourth-order valence-electron chi connectivity index (χ4n) is 1.98. The normalized spacial score (nSPS) is 21.9. The summed E-state index contributed by atoms with van der Waals surface area (Å²) in [5.74, 6) is 0.487. The van der Waals surface area contributed by atoms with Crippen molar-refractivity contribution in [3.05, 3.63) is 24.0 Å². The van der Waals surface area contributed by atoms with Gasteiger partial charge >= 0.3 is 0 Å². The van der Waals surface area contributed by atoms with Crippen LogP contribution in [-0.2, 0) is 0 Å². The summed E-state index contributed by atoms with van der Waals surface area (Å²) >= 11 is 0. The van der Waals surface area contributed by atoms with Gasteiger partial charge in [0, 0.05) is 18.7 Å². The molecule has 0 aliphatic carbocycles. The first-order valence-corrected chi connectivity index (χ1v) is 4.86. The molecule has 1 atom stereocenters. The number of fused-ring (bicyclic) bond motifs is 1. The number of nitrogens with zero attached hydrogens (tertiary/aromatic N) is 2. The maximum absolute atomic E-state index is 5.17. The molecule has 4 heteroatoms. The van der Waals surface area contributed by atoms with Crippen molar-refractivity contribution in [3.63, 3.8) is 0 Å². The zero-order valence-corrected chi connectivity index (χ0v) is 7.73. The topological polar surface area (TPSA) is 51.0 Å². The monoisotopic (exact) mass is 189 g/mol. The van der Waals surface area contributed by atoms with Crippen LogP contribution in [0.3, 0.4) is 0 Å². The van der Waals surface area contributed by atoms with Crippen LogP contribution in [0.2, 0.25) is 0 Å². The highest BCUT2D eigenvalue weighted by Crippen LogP contribution is 2.27. The Morgan fingerprint density at radius 1 is 1.50 bits per heavy atom. The standard InChI is InChI=1S/C10H11N3O/c1-2-8-9(7-3-5-11-6-7)13-14-10(8)12-4-1/h1-2,4,7,11H,3,5-6H2. The minimum atomic E-state index is 0.487. The fourth-order valence-corrected chi connectivity index (χ4v) is 1.98. The van der Waals surface area contributed by atoms with Gasteiger partial charge in [0.2, 0.25) is 0 Å². The number of pyridine rings is 1. The van der Waals surface area contributed by atoms with Crippen LogP contribution in [0.25, 0.3) is 11.1 Å². The van der Waals surface area contributed by atoms with Gasteiger partial charge in [-0.05, 0) is 25.1 Å². The van der Waals surface area contributed by atoms with Crippen molar-refractivity contribution in [2.24, 2.45) is 0 Å². The molecule has 0 amide bonds. The van der Waals surface area contributed by atoms with Crippen molar-refractivity contribution < 1.29 is 4.52 Å². The van der Waals surface area contributed by atoms with E-state index in [4.69, 9.17) is 4.52 Å². The number of hydrogen-bond acceptors (Lipinski definition) is 4. The van der Waals surface area contributed by atoms with Crippen LogP contribution in [0, 0.1) is 0 Å². The quantitative estimate of drug-likeness (QED) is 0.734. The average Bonchev–Trinajstić information content (AvgIpc) is 2.85. The third-order valence-corrected chi connectivity index (χ3v) is 2.72. The van der Waals surface area contributed by atoms with Gasteiger partial charge in [-0.1, -0.05) is 5.16 Å². The van der Waals surface area contributed by atoms with Gasteiger partial charge in [-0.2, -0.15) is 0 Å². The molecule has 1 saturated heterocycles. The summed E-state index contributed by atoms with van der Waals surface area (Å²) in [5, 5.41) is 8.48. The average molecular weight is 189 g/mol. The van der Waals surface area contributed by atoms with E-state index in [1.54, 1.807) is 6.20 Å². The summed E-state index contributed by atoms with van der Waals surface area (Å²) in [4.78, 5) is 4.12. The zero-order chi connectivity index (χ0) is 9.38. The minimum Gasteiger partial charge on any atom is -0.336 e. The van der Waals surface area contributed by atoms with Crippen molar-refractivity contribution in [2.75, 3.05) is 13.1 Å². The van der Waals surface area contributed by atoms with Crippen molar-refractivity contribution in [1.29, 1.82) is 0 Å². The van der Waals surface area contributed by atoms with Gasteiger partial charge in [0.05, 0.1) is 11.1 Å². The highest BCUT2D eigenvalue weighted by atomic mass is 16.5. The van der Waals surface area contributed by atoms with E-state index >= 15 is 0 Å². The van der Waals surface area contributed by atoms with Crippen molar-refractivity contribution >= 4 is 11.1 Å². The maximum atomic E-state index is 5.17. The molecule has 3 heterocycles. The molecule has 1 N–H and O–H groups in total. The summed E-state index contributed by atoms with van der Waals surface area (Å²) in [6, 6.07) is 3.94. The molecule has 0 aromatic carbocycles. The van der Waals surface area contributed by atoms with Crippen LogP contribution in [0.5, 0.6) is 0 Å². The Hall–Kier alpha value is -1.42. The Kier molecular flexibility index (Phi) is 1.73. The summed E-state index contributed by atoms with van der Waals surface area (Å²) in [5.41, 5.74) is 1.70. The van der Waals surface area contributed by atoms with E-state index in [0.29, 0.717) is 11.6 Å². The van der Waals surface area contributed by atoms with E-state index in [0.717, 1.165) is 30.6 Å². The molecule has 0 bridgehead atoms. The number of rotatable bonds is 1. The Balaban J connectivity index is 2.11. The summed E-state index contributed by atoms with van der Waals surface area (Å²) in [6.07, 6.45) is 2.86. The van der Waals surface area contributed by atoms with Crippen LogP contribution in [0.4, 0.5) is 0 Å². The SMILES string of the molecule is c1cnc2onc(C3CCNC3)c2c1. The van der Waals surface area contributed by atoms with Gasteiger partial charge in [-0.15, -0.1) is 0 Å². The van der Waals surface area contributed by atoms with Crippen LogP contribution < -0.4 is 5.32 Å². The third kappa shape index (κ3) is 1.11. The molecule has 1 unspecified atom stereocenters. The summed E-state index contributed by atoms with van der Waals surface area (Å²) < 4.78 is 5.17. The molecule has 1 fully saturated rings. The van der Waals surface area contributed by atoms with E-state index in [1.807, 2.05) is 12.1 Å². The second-order valence-corrected chi connectivity index (χ2v) is 3.61. The van der Waals surface area contributed by atoms with E-state index in [-0.39, 0.29) is 0 Å². The smallest absolute Gasteiger partial charge is 0.257 e. The molecule has 1 aliphatic rings. The van der Waals surface area contributed by atoms with Gasteiger partial charge in [-0.3, -0.25) is 0 Å². The van der Waals surface area contributed by atoms with Gasteiger partial charge in [0.15, 0.2) is 0 Å². The molecule has 3 rings (SSSR count). The van der Waals surface area contributed by atoms with Crippen LogP contribution in [-0.4, -0.2) is 23.2 Å². The van der Waals surface area contributed by atoms with Gasteiger partial charge < -0.3 is 9.84 Å². The third-order valence-electron chi connectivity index (χ3n) is 2.72. The lowest BCUT2D eigenvalue weighted by atomic mass is 10.0. The summed E-state index contributed by atoms with van der Waals surface area (Å²) in [6.45, 7) is 2.07. The fraction of sp³-hybridized carbons (Fsp3) is 0.400. The van der Waals surface area contributed by atoms with Gasteiger partial charge in [0.1, 0.15) is 0 Å². The minimum absolute atomic E-state index is 0.487. The predicted octanol–water partition coefficient (Wildman–Crippen LogP) is 1.30. The predicted molar refractivity (Wildman–Crippen MR) is 52.0 cm³/mol. The lowest BCUT2D eigenvalue weighted by Gasteiger charge is -2.01. The van der Waals surface area contributed by atoms with E-state index in [1.165, 1.54) is 0 Å². The lowest BCUT2D eigenvalue weighted by Crippen LogP contribution is -2.08. The van der Waals surface area contributed by atoms with Gasteiger partial charge in [0.25, 0.3) is 5.71 Å². The van der Waals surface area contributed by atoms with Crippen molar-refractivity contribution in [2.45, 2.75) is 12.3 Å². The molecule has 1 aliphatic heterocycles. The van der Waals surface area contributed by atoms with Gasteiger partial charge in [-0.25, -0.2) is 4.98 Å². The zero-order valence-electron chi connectivity index (χ0n) is 7.73. The maximum Gasteiger partial charge on any atom is 0.257 e. The van der Waals surface area contributed by atoms with Crippen LogP contribution >= 0.6 is 0 Å². The molecule has 4 nitrogen and oxygen atoms in total. The first-order valence-electron chi connectivity index (χ1n) is 4.86. The molecule has 2 aromatic rings. The van der Waals surface area contributed by atoms with E-state index in [2.05, 4.69) is 15.5 Å². The van der Waals surface area contributed by atoms with E-state index < -0.39 is 0 Å². The van der Waals surface area contributed by atoms with Crippen molar-refractivity contribution in [1.82, 2.24) is 15.5 Å². The first-order chi connectivity index (χ1) is 6.95. The molecule has 0 saturated carbocycles. The molecule has 2 aromatic heterocycles. The second kappa shape index (κ2) is 3.06. The van der Waals surface area contributed by atoms with Crippen molar-refractivity contribution in [3.8, 4) is 0 Å². The first kappa shape index (κ1) is 7.94. The van der Waals surface area contributed by atoms with Crippen LogP contribution in [0.15, 0.2) is 22.9 Å². The molecule has 0 spiro atoms. The van der Waals surface area contributed by atoms with Crippen LogP contribution in [0.1, 0.15) is 18.0 Å². The Morgan fingerprint density at radius 3 is 3.36 bits per heavy atom.